The maximum atomic E-state index is 13.2. The number of benzene rings is 1. The normalized spacial score (nSPS) is 10.8. The van der Waals surface area contributed by atoms with E-state index in [-0.39, 0.29) is 18.0 Å². The summed E-state index contributed by atoms with van der Waals surface area (Å²) < 4.78 is 14.5. The van der Waals surface area contributed by atoms with Gasteiger partial charge in [-0.3, -0.25) is 14.4 Å². The van der Waals surface area contributed by atoms with Crippen LogP contribution < -0.4 is 10.9 Å². The number of fused-ring (bicyclic) bond motifs is 1. The van der Waals surface area contributed by atoms with Crippen LogP contribution in [-0.2, 0) is 11.8 Å². The molecule has 27 heavy (non-hydrogen) atoms. The molecule has 0 unspecified atom stereocenters. The Hall–Kier alpha value is -3.07. The Morgan fingerprint density at radius 2 is 2.11 bits per heavy atom. The maximum absolute atomic E-state index is 13.2. The zero-order valence-corrected chi connectivity index (χ0v) is 15.8. The lowest BCUT2D eigenvalue weighted by molar-refractivity contribution is -0.116. The first-order valence-corrected chi connectivity index (χ1v) is 8.85. The molecule has 0 radical (unpaired) electrons. The van der Waals surface area contributed by atoms with E-state index in [0.29, 0.717) is 26.3 Å². The van der Waals surface area contributed by atoms with Crippen LogP contribution in [0.1, 0.15) is 15.2 Å². The second kappa shape index (κ2) is 7.28. The molecule has 7 nitrogen and oxygen atoms in total. The third-order valence-electron chi connectivity index (χ3n) is 4.04. The molecule has 9 heteroatoms. The molecule has 140 valence electrons. The molecule has 3 aromatic rings. The number of aryl methyl sites for hydroxylation is 2. The van der Waals surface area contributed by atoms with E-state index in [1.54, 1.807) is 20.0 Å². The van der Waals surface area contributed by atoms with Gasteiger partial charge in [0.1, 0.15) is 10.6 Å². The predicted octanol–water partition coefficient (Wildman–Crippen LogP) is 2.15. The maximum Gasteiger partial charge on any atom is 0.264 e. The zero-order valence-electron chi connectivity index (χ0n) is 14.9. The Balaban J connectivity index is 1.78. The van der Waals surface area contributed by atoms with E-state index < -0.39 is 11.7 Å². The van der Waals surface area contributed by atoms with E-state index in [0.717, 1.165) is 11.3 Å². The van der Waals surface area contributed by atoms with Crippen molar-refractivity contribution in [2.24, 2.45) is 7.05 Å². The number of nitrogens with zero attached hydrogens (tertiary/aromatic N) is 3. The van der Waals surface area contributed by atoms with E-state index >= 15 is 0 Å². The van der Waals surface area contributed by atoms with Gasteiger partial charge in [-0.15, -0.1) is 11.3 Å². The van der Waals surface area contributed by atoms with Gasteiger partial charge in [0.05, 0.1) is 23.1 Å². The Labute approximate surface area is 158 Å². The van der Waals surface area contributed by atoms with Crippen LogP contribution in [0.2, 0.25) is 0 Å². The predicted molar refractivity (Wildman–Crippen MR) is 102 cm³/mol. The van der Waals surface area contributed by atoms with Crippen LogP contribution in [0.4, 0.5) is 10.1 Å². The molecule has 0 spiro atoms. The van der Waals surface area contributed by atoms with Crippen molar-refractivity contribution < 1.29 is 14.0 Å². The average molecular weight is 388 g/mol. The van der Waals surface area contributed by atoms with Crippen molar-refractivity contribution in [3.8, 4) is 0 Å². The van der Waals surface area contributed by atoms with Crippen molar-refractivity contribution in [1.29, 1.82) is 0 Å². The summed E-state index contributed by atoms with van der Waals surface area (Å²) in [6.45, 7) is 1.48. The summed E-state index contributed by atoms with van der Waals surface area (Å²) in [4.78, 5) is 43.4. The summed E-state index contributed by atoms with van der Waals surface area (Å²) in [6, 6.07) is 5.50. The monoisotopic (exact) mass is 388 g/mol. The van der Waals surface area contributed by atoms with Crippen molar-refractivity contribution >= 4 is 39.1 Å². The lowest BCUT2D eigenvalue weighted by atomic mass is 10.2. The number of carbonyl (C=O) groups excluding carboxylic acids is 2. The van der Waals surface area contributed by atoms with Crippen LogP contribution in [0.25, 0.3) is 10.2 Å². The Morgan fingerprint density at radius 3 is 2.81 bits per heavy atom. The highest BCUT2D eigenvalue weighted by Crippen LogP contribution is 2.27. The van der Waals surface area contributed by atoms with Crippen LogP contribution in [0, 0.1) is 12.7 Å². The summed E-state index contributed by atoms with van der Waals surface area (Å²) in [5, 5.41) is 2.95. The first-order chi connectivity index (χ1) is 12.8. The third-order valence-corrected chi connectivity index (χ3v) is 5.23. The van der Waals surface area contributed by atoms with Crippen molar-refractivity contribution in [2.45, 2.75) is 6.92 Å². The quantitative estimate of drug-likeness (QED) is 0.742. The molecule has 2 heterocycles. The summed E-state index contributed by atoms with van der Waals surface area (Å²) in [6.07, 6.45) is 1.41. The number of nitrogens with one attached hydrogen (secondary N) is 1. The molecular formula is C18H17FN4O3S. The van der Waals surface area contributed by atoms with Gasteiger partial charge in [0, 0.05) is 19.8 Å². The van der Waals surface area contributed by atoms with Crippen molar-refractivity contribution in [1.82, 2.24) is 14.5 Å². The number of hydrogen-bond donors (Lipinski definition) is 1. The molecule has 0 bridgehead atoms. The van der Waals surface area contributed by atoms with Crippen molar-refractivity contribution in [3.63, 3.8) is 0 Å². The van der Waals surface area contributed by atoms with Crippen LogP contribution in [-0.4, -0.2) is 39.9 Å². The minimum Gasteiger partial charge on any atom is -0.332 e. The second-order valence-corrected chi connectivity index (χ2v) is 7.12. The number of aromatic nitrogens is 2. The molecule has 2 aromatic heterocycles. The largest absolute Gasteiger partial charge is 0.332 e. The fraction of sp³-hybridized carbons (Fsp3) is 0.222. The highest BCUT2D eigenvalue weighted by Gasteiger charge is 2.23. The van der Waals surface area contributed by atoms with E-state index in [4.69, 9.17) is 0 Å². The third kappa shape index (κ3) is 3.72. The molecular weight excluding hydrogens is 371 g/mol. The summed E-state index contributed by atoms with van der Waals surface area (Å²) in [7, 11) is 3.08. The SMILES string of the molecule is Cc1c(C(=O)N(C)CC(=O)Nc2cccc(F)c2)sc2ncn(C)c(=O)c12. The van der Waals surface area contributed by atoms with Crippen LogP contribution in [0.3, 0.4) is 0 Å². The van der Waals surface area contributed by atoms with Gasteiger partial charge in [-0.1, -0.05) is 6.07 Å². The molecule has 0 atom stereocenters. The standard InChI is InChI=1S/C18H17FN4O3S/c1-10-14-16(20-9-23(3)17(14)25)27-15(10)18(26)22(2)8-13(24)21-12-6-4-5-11(19)7-12/h4-7,9H,8H2,1-3H3,(H,21,24). The summed E-state index contributed by atoms with van der Waals surface area (Å²) >= 11 is 1.12. The number of hydrogen-bond acceptors (Lipinski definition) is 5. The number of carbonyl (C=O) groups is 2. The lowest BCUT2D eigenvalue weighted by Crippen LogP contribution is -2.34. The highest BCUT2D eigenvalue weighted by atomic mass is 32.1. The van der Waals surface area contributed by atoms with Crippen molar-refractivity contribution in [3.05, 3.63) is 57.2 Å². The molecule has 0 aliphatic heterocycles. The van der Waals surface area contributed by atoms with Crippen LogP contribution in [0.5, 0.6) is 0 Å². The van der Waals surface area contributed by atoms with Crippen LogP contribution in [0.15, 0.2) is 35.4 Å². The van der Waals surface area contributed by atoms with E-state index in [2.05, 4.69) is 10.3 Å². The Bertz CT molecular complexity index is 1110. The fourth-order valence-corrected chi connectivity index (χ4v) is 3.77. The number of halogens is 1. The van der Waals surface area contributed by atoms with E-state index in [1.807, 2.05) is 0 Å². The summed E-state index contributed by atoms with van der Waals surface area (Å²) in [5.41, 5.74) is 0.636. The van der Waals surface area contributed by atoms with Gasteiger partial charge in [-0.05, 0) is 30.7 Å². The molecule has 0 saturated carbocycles. The average Bonchev–Trinajstić information content (AvgIpc) is 2.94. The highest BCUT2D eigenvalue weighted by molar-refractivity contribution is 7.20. The molecule has 1 aromatic carbocycles. The smallest absolute Gasteiger partial charge is 0.264 e. The first kappa shape index (κ1) is 18.7. The minimum atomic E-state index is -0.466. The van der Waals surface area contributed by atoms with Gasteiger partial charge >= 0.3 is 0 Å². The molecule has 3 rings (SSSR count). The minimum absolute atomic E-state index is 0.214. The number of amides is 2. The molecule has 0 aliphatic rings. The van der Waals surface area contributed by atoms with Gasteiger partial charge in [0.2, 0.25) is 5.91 Å². The van der Waals surface area contributed by atoms with E-state index in [1.165, 1.54) is 41.0 Å². The topological polar surface area (TPSA) is 84.3 Å². The molecule has 1 N–H and O–H groups in total. The lowest BCUT2D eigenvalue weighted by Gasteiger charge is -2.16. The second-order valence-electron chi connectivity index (χ2n) is 6.12. The Kier molecular flexibility index (Phi) is 5.04. The summed E-state index contributed by atoms with van der Waals surface area (Å²) in [5.74, 6) is -1.30. The first-order valence-electron chi connectivity index (χ1n) is 8.03. The number of likely N-dealkylation sites (N-methyl/N-ethyl adjacent to an activating group) is 1. The van der Waals surface area contributed by atoms with Gasteiger partial charge in [-0.25, -0.2) is 9.37 Å². The van der Waals surface area contributed by atoms with Gasteiger partial charge < -0.3 is 14.8 Å². The van der Waals surface area contributed by atoms with Crippen LogP contribution >= 0.6 is 11.3 Å². The van der Waals surface area contributed by atoms with Crippen molar-refractivity contribution in [2.75, 3.05) is 18.9 Å². The Morgan fingerprint density at radius 1 is 1.37 bits per heavy atom. The van der Waals surface area contributed by atoms with Gasteiger partial charge in [-0.2, -0.15) is 0 Å². The molecule has 0 fully saturated rings. The van der Waals surface area contributed by atoms with Gasteiger partial charge in [0.25, 0.3) is 11.5 Å². The number of thiophene rings is 1. The zero-order chi connectivity index (χ0) is 19.7. The molecule has 0 saturated heterocycles. The van der Waals surface area contributed by atoms with E-state index in [9.17, 15) is 18.8 Å². The number of rotatable bonds is 4. The molecule has 0 aliphatic carbocycles. The number of anilines is 1. The fourth-order valence-electron chi connectivity index (χ4n) is 2.64. The van der Waals surface area contributed by atoms with Gasteiger partial charge in [0.15, 0.2) is 0 Å². The molecule has 2 amide bonds.